The predicted octanol–water partition coefficient (Wildman–Crippen LogP) is 2.81. The molecule has 1 rings (SSSR count). The van der Waals surface area contributed by atoms with Crippen molar-refractivity contribution in [2.75, 3.05) is 19.6 Å². The number of likely N-dealkylation sites (tertiary alicyclic amines) is 1. The minimum Gasteiger partial charge on any atom is -0.341 e. The van der Waals surface area contributed by atoms with Gasteiger partial charge in [0.05, 0.1) is 6.54 Å². The molecule has 118 valence electrons. The molecule has 2 unspecified atom stereocenters. The highest BCUT2D eigenvalue weighted by Gasteiger charge is 2.34. The van der Waals surface area contributed by atoms with Crippen molar-refractivity contribution >= 4 is 5.91 Å². The van der Waals surface area contributed by atoms with E-state index in [4.69, 9.17) is 0 Å². The largest absolute Gasteiger partial charge is 0.401 e. The molecule has 0 radical (unpaired) electrons. The Labute approximate surface area is 118 Å². The number of amides is 1. The third kappa shape index (κ3) is 5.69. The standard InChI is InChI=1S/C14H25F3N2O/c1-4-5-13(20)19-7-11(10(2)3)6-12(8-19)18-9-14(15,16)17/h10-12,18H,4-9H2,1-3H3. The molecule has 1 saturated heterocycles. The van der Waals surface area contributed by atoms with Crippen molar-refractivity contribution in [2.24, 2.45) is 11.8 Å². The fourth-order valence-corrected chi connectivity index (χ4v) is 2.60. The van der Waals surface area contributed by atoms with E-state index in [9.17, 15) is 18.0 Å². The molecule has 0 aromatic carbocycles. The van der Waals surface area contributed by atoms with Crippen molar-refractivity contribution in [1.82, 2.24) is 10.2 Å². The summed E-state index contributed by atoms with van der Waals surface area (Å²) in [6.45, 7) is 6.11. The zero-order valence-electron chi connectivity index (χ0n) is 12.5. The van der Waals surface area contributed by atoms with E-state index in [0.717, 1.165) is 6.42 Å². The van der Waals surface area contributed by atoms with Crippen LogP contribution in [0.2, 0.25) is 0 Å². The molecule has 0 saturated carbocycles. The van der Waals surface area contributed by atoms with Crippen LogP contribution >= 0.6 is 0 Å². The summed E-state index contributed by atoms with van der Waals surface area (Å²) in [5.41, 5.74) is 0. The van der Waals surface area contributed by atoms with Gasteiger partial charge < -0.3 is 10.2 Å². The molecule has 0 aromatic rings. The van der Waals surface area contributed by atoms with Crippen molar-refractivity contribution in [3.8, 4) is 0 Å². The number of rotatable bonds is 5. The molecule has 0 spiro atoms. The van der Waals surface area contributed by atoms with Gasteiger partial charge in [-0.2, -0.15) is 13.2 Å². The summed E-state index contributed by atoms with van der Waals surface area (Å²) >= 11 is 0. The van der Waals surface area contributed by atoms with E-state index in [0.29, 0.717) is 31.8 Å². The molecule has 3 nitrogen and oxygen atoms in total. The monoisotopic (exact) mass is 294 g/mol. The number of nitrogens with zero attached hydrogens (tertiary/aromatic N) is 1. The SMILES string of the molecule is CCCC(=O)N1CC(NCC(F)(F)F)CC(C(C)C)C1. The normalized spacial score (nSPS) is 24.2. The number of alkyl halides is 3. The molecule has 1 amide bonds. The molecule has 1 heterocycles. The van der Waals surface area contributed by atoms with Gasteiger partial charge in [0.25, 0.3) is 0 Å². The molecule has 0 bridgehead atoms. The summed E-state index contributed by atoms with van der Waals surface area (Å²) in [6, 6.07) is -0.265. The molecular weight excluding hydrogens is 269 g/mol. The maximum absolute atomic E-state index is 12.3. The lowest BCUT2D eigenvalue weighted by Gasteiger charge is -2.40. The number of hydrogen-bond acceptors (Lipinski definition) is 2. The number of piperidine rings is 1. The third-order valence-electron chi connectivity index (χ3n) is 3.83. The molecule has 1 N–H and O–H groups in total. The number of halogens is 3. The molecular formula is C14H25F3N2O. The van der Waals surface area contributed by atoms with Crippen molar-refractivity contribution in [3.05, 3.63) is 0 Å². The van der Waals surface area contributed by atoms with Gasteiger partial charge >= 0.3 is 6.18 Å². The van der Waals surface area contributed by atoms with Crippen molar-refractivity contribution < 1.29 is 18.0 Å². The highest BCUT2D eigenvalue weighted by atomic mass is 19.4. The summed E-state index contributed by atoms with van der Waals surface area (Å²) in [7, 11) is 0. The third-order valence-corrected chi connectivity index (χ3v) is 3.83. The van der Waals surface area contributed by atoms with Crippen LogP contribution in [0.5, 0.6) is 0 Å². The van der Waals surface area contributed by atoms with Gasteiger partial charge in [-0.1, -0.05) is 20.8 Å². The zero-order chi connectivity index (χ0) is 15.3. The molecule has 0 aliphatic carbocycles. The highest BCUT2D eigenvalue weighted by molar-refractivity contribution is 5.76. The quantitative estimate of drug-likeness (QED) is 0.845. The molecule has 1 fully saturated rings. The van der Waals surface area contributed by atoms with E-state index in [-0.39, 0.29) is 17.9 Å². The van der Waals surface area contributed by atoms with Gasteiger partial charge in [-0.25, -0.2) is 0 Å². The molecule has 20 heavy (non-hydrogen) atoms. The molecule has 2 atom stereocenters. The van der Waals surface area contributed by atoms with Crippen molar-refractivity contribution in [1.29, 1.82) is 0 Å². The minimum atomic E-state index is -4.21. The van der Waals surface area contributed by atoms with Gasteiger partial charge in [0, 0.05) is 25.6 Å². The van der Waals surface area contributed by atoms with Crippen LogP contribution < -0.4 is 5.32 Å². The Morgan fingerprint density at radius 3 is 2.50 bits per heavy atom. The Balaban J connectivity index is 2.63. The minimum absolute atomic E-state index is 0.0525. The van der Waals surface area contributed by atoms with E-state index in [1.54, 1.807) is 4.90 Å². The lowest BCUT2D eigenvalue weighted by Crippen LogP contribution is -2.53. The fourth-order valence-electron chi connectivity index (χ4n) is 2.60. The van der Waals surface area contributed by atoms with Crippen LogP contribution in [0, 0.1) is 11.8 Å². The Morgan fingerprint density at radius 2 is 2.00 bits per heavy atom. The maximum atomic E-state index is 12.3. The van der Waals surface area contributed by atoms with Crippen LogP contribution in [0.4, 0.5) is 13.2 Å². The average molecular weight is 294 g/mol. The predicted molar refractivity (Wildman–Crippen MR) is 72.3 cm³/mol. The van der Waals surface area contributed by atoms with Gasteiger partial charge in [-0.3, -0.25) is 4.79 Å². The van der Waals surface area contributed by atoms with Crippen LogP contribution in [-0.2, 0) is 4.79 Å². The first-order chi connectivity index (χ1) is 9.23. The average Bonchev–Trinajstić information content (AvgIpc) is 2.35. The summed E-state index contributed by atoms with van der Waals surface area (Å²) < 4.78 is 36.9. The van der Waals surface area contributed by atoms with Crippen molar-refractivity contribution in [3.63, 3.8) is 0 Å². The van der Waals surface area contributed by atoms with E-state index < -0.39 is 12.7 Å². The van der Waals surface area contributed by atoms with Gasteiger partial charge in [-0.05, 0) is 24.7 Å². The molecule has 6 heteroatoms. The smallest absolute Gasteiger partial charge is 0.341 e. The number of nitrogens with one attached hydrogen (secondary N) is 1. The van der Waals surface area contributed by atoms with Crippen LogP contribution in [0.15, 0.2) is 0 Å². The van der Waals surface area contributed by atoms with E-state index in [1.807, 2.05) is 6.92 Å². The molecule has 1 aliphatic rings. The van der Waals surface area contributed by atoms with Gasteiger partial charge in [-0.15, -0.1) is 0 Å². The lowest BCUT2D eigenvalue weighted by atomic mass is 9.85. The molecule has 1 aliphatic heterocycles. The first-order valence-electron chi connectivity index (χ1n) is 7.30. The summed E-state index contributed by atoms with van der Waals surface area (Å²) in [4.78, 5) is 13.7. The van der Waals surface area contributed by atoms with Crippen LogP contribution in [0.1, 0.15) is 40.0 Å². The fraction of sp³-hybridized carbons (Fsp3) is 0.929. The second-order valence-corrected chi connectivity index (χ2v) is 5.98. The lowest BCUT2D eigenvalue weighted by molar-refractivity contribution is -0.135. The van der Waals surface area contributed by atoms with Crippen LogP contribution in [-0.4, -0.2) is 42.7 Å². The van der Waals surface area contributed by atoms with Crippen LogP contribution in [0.25, 0.3) is 0 Å². The van der Waals surface area contributed by atoms with Gasteiger partial charge in [0.15, 0.2) is 0 Å². The summed E-state index contributed by atoms with van der Waals surface area (Å²) in [5, 5.41) is 2.55. The van der Waals surface area contributed by atoms with E-state index in [2.05, 4.69) is 19.2 Å². The first-order valence-corrected chi connectivity index (χ1v) is 7.30. The number of carbonyl (C=O) groups is 1. The van der Waals surface area contributed by atoms with Gasteiger partial charge in [0.2, 0.25) is 5.91 Å². The second kappa shape index (κ2) is 7.29. The highest BCUT2D eigenvalue weighted by Crippen LogP contribution is 2.25. The zero-order valence-corrected chi connectivity index (χ0v) is 12.5. The van der Waals surface area contributed by atoms with E-state index >= 15 is 0 Å². The number of hydrogen-bond donors (Lipinski definition) is 1. The Morgan fingerprint density at radius 1 is 1.35 bits per heavy atom. The second-order valence-electron chi connectivity index (χ2n) is 5.98. The Bertz CT molecular complexity index is 318. The van der Waals surface area contributed by atoms with Crippen LogP contribution in [0.3, 0.4) is 0 Å². The molecule has 0 aromatic heterocycles. The summed E-state index contributed by atoms with van der Waals surface area (Å²) in [5.74, 6) is 0.675. The summed E-state index contributed by atoms with van der Waals surface area (Å²) in [6.07, 6.45) is -2.27. The number of carbonyl (C=O) groups excluding carboxylic acids is 1. The van der Waals surface area contributed by atoms with Gasteiger partial charge in [0.1, 0.15) is 0 Å². The Hall–Kier alpha value is -0.780. The maximum Gasteiger partial charge on any atom is 0.401 e. The Kier molecular flexibility index (Phi) is 6.30. The first kappa shape index (κ1) is 17.3. The topological polar surface area (TPSA) is 32.3 Å². The van der Waals surface area contributed by atoms with E-state index in [1.165, 1.54) is 0 Å². The van der Waals surface area contributed by atoms with Crippen molar-refractivity contribution in [2.45, 2.75) is 52.3 Å².